The molecule has 108 valence electrons. The molecule has 2 rings (SSSR count). The minimum Gasteiger partial charge on any atom is -0.463 e. The van der Waals surface area contributed by atoms with Crippen molar-refractivity contribution in [3.05, 3.63) is 41.4 Å². The number of rotatable bonds is 3. The van der Waals surface area contributed by atoms with Crippen molar-refractivity contribution < 1.29 is 14.3 Å². The third-order valence-electron chi connectivity index (χ3n) is 3.34. The number of hydrogen-bond donors (Lipinski definition) is 1. The van der Waals surface area contributed by atoms with Crippen LogP contribution in [0.3, 0.4) is 0 Å². The molecule has 0 spiro atoms. The van der Waals surface area contributed by atoms with Gasteiger partial charge in [-0.3, -0.25) is 9.78 Å². The molecular weight excluding hydrogens is 270 g/mol. The zero-order chi connectivity index (χ0) is 15.4. The van der Waals surface area contributed by atoms with E-state index in [4.69, 9.17) is 4.74 Å². The van der Waals surface area contributed by atoms with Gasteiger partial charge < -0.3 is 10.1 Å². The van der Waals surface area contributed by atoms with Crippen LogP contribution in [0.4, 0.5) is 0 Å². The molecule has 21 heavy (non-hydrogen) atoms. The standard InChI is InChI=1S/C15H15N3O3/c1-3-21-15(20)12-9(2)18-14(19)11(8-16)13(12)10-4-6-17-7-5-10/h4-7,11,13H,3H2,1-2H3,(H,18,19)/t11-,13-/m1/s1. The zero-order valence-electron chi connectivity index (χ0n) is 11.8. The van der Waals surface area contributed by atoms with Crippen molar-refractivity contribution in [1.29, 1.82) is 5.26 Å². The zero-order valence-corrected chi connectivity index (χ0v) is 11.8. The molecule has 0 radical (unpaired) electrons. The fourth-order valence-corrected chi connectivity index (χ4v) is 2.43. The normalized spacial score (nSPS) is 21.5. The number of nitriles is 1. The molecule has 1 aliphatic rings. The van der Waals surface area contributed by atoms with Crippen LogP contribution in [-0.2, 0) is 14.3 Å². The lowest BCUT2D eigenvalue weighted by molar-refractivity contribution is -0.139. The smallest absolute Gasteiger partial charge is 0.336 e. The van der Waals surface area contributed by atoms with Crippen LogP contribution in [0.5, 0.6) is 0 Å². The summed E-state index contributed by atoms with van der Waals surface area (Å²) < 4.78 is 5.06. The van der Waals surface area contributed by atoms with Crippen molar-refractivity contribution in [3.63, 3.8) is 0 Å². The number of hydrogen-bond acceptors (Lipinski definition) is 5. The first-order chi connectivity index (χ1) is 10.1. The van der Waals surface area contributed by atoms with Crippen LogP contribution in [0.2, 0.25) is 0 Å². The number of carbonyl (C=O) groups is 2. The van der Waals surface area contributed by atoms with Gasteiger partial charge in [0.2, 0.25) is 5.91 Å². The summed E-state index contributed by atoms with van der Waals surface area (Å²) in [6.07, 6.45) is 3.13. The van der Waals surface area contributed by atoms with Gasteiger partial charge in [0.25, 0.3) is 0 Å². The highest BCUT2D eigenvalue weighted by Crippen LogP contribution is 2.37. The lowest BCUT2D eigenvalue weighted by Crippen LogP contribution is -2.41. The maximum atomic E-state index is 12.2. The van der Waals surface area contributed by atoms with Gasteiger partial charge in [0.1, 0.15) is 5.92 Å². The van der Waals surface area contributed by atoms with Gasteiger partial charge in [-0.2, -0.15) is 5.26 Å². The molecule has 0 saturated carbocycles. The summed E-state index contributed by atoms with van der Waals surface area (Å²) in [7, 11) is 0. The molecule has 2 heterocycles. The first-order valence-electron chi connectivity index (χ1n) is 6.58. The predicted octanol–water partition coefficient (Wildman–Crippen LogP) is 1.27. The van der Waals surface area contributed by atoms with E-state index < -0.39 is 23.7 Å². The SMILES string of the molecule is CCOC(=O)C1=C(C)NC(=O)[C@H](C#N)[C@H]1c1ccncc1. The number of nitrogens with one attached hydrogen (secondary N) is 1. The van der Waals surface area contributed by atoms with Gasteiger partial charge in [-0.15, -0.1) is 0 Å². The van der Waals surface area contributed by atoms with E-state index in [0.717, 1.165) is 0 Å². The summed E-state index contributed by atoms with van der Waals surface area (Å²) in [6.45, 7) is 3.56. The minimum absolute atomic E-state index is 0.226. The Kier molecular flexibility index (Phi) is 4.33. The number of aromatic nitrogens is 1. The van der Waals surface area contributed by atoms with Gasteiger partial charge in [0.05, 0.1) is 18.2 Å². The van der Waals surface area contributed by atoms with Crippen molar-refractivity contribution in [2.24, 2.45) is 5.92 Å². The second-order valence-corrected chi connectivity index (χ2v) is 4.61. The summed E-state index contributed by atoms with van der Waals surface area (Å²) in [5, 5.41) is 11.9. The molecule has 1 amide bonds. The Morgan fingerprint density at radius 2 is 2.14 bits per heavy atom. The number of ether oxygens (including phenoxy) is 1. The third kappa shape index (κ3) is 2.77. The van der Waals surface area contributed by atoms with Crippen LogP contribution in [-0.4, -0.2) is 23.5 Å². The Hall–Kier alpha value is -2.68. The Balaban J connectivity index is 2.56. The number of nitrogens with zero attached hydrogens (tertiary/aromatic N) is 2. The van der Waals surface area contributed by atoms with Gasteiger partial charge in [-0.05, 0) is 31.5 Å². The average Bonchev–Trinajstić information content (AvgIpc) is 2.47. The van der Waals surface area contributed by atoms with Gasteiger partial charge >= 0.3 is 5.97 Å². The minimum atomic E-state index is -0.976. The van der Waals surface area contributed by atoms with E-state index in [1.54, 1.807) is 38.4 Å². The summed E-state index contributed by atoms with van der Waals surface area (Å²) in [6, 6.07) is 5.36. The van der Waals surface area contributed by atoms with Crippen LogP contribution in [0, 0.1) is 17.2 Å². The van der Waals surface area contributed by atoms with Crippen LogP contribution in [0.1, 0.15) is 25.3 Å². The van der Waals surface area contributed by atoms with Crippen LogP contribution >= 0.6 is 0 Å². The van der Waals surface area contributed by atoms with E-state index in [2.05, 4.69) is 10.3 Å². The molecule has 2 atom stereocenters. The van der Waals surface area contributed by atoms with E-state index in [9.17, 15) is 14.9 Å². The Morgan fingerprint density at radius 3 is 2.71 bits per heavy atom. The number of esters is 1. The fourth-order valence-electron chi connectivity index (χ4n) is 2.43. The van der Waals surface area contributed by atoms with E-state index >= 15 is 0 Å². The number of carbonyl (C=O) groups excluding carboxylic acids is 2. The maximum Gasteiger partial charge on any atom is 0.336 e. The van der Waals surface area contributed by atoms with Crippen molar-refractivity contribution in [3.8, 4) is 6.07 Å². The van der Waals surface area contributed by atoms with E-state index in [0.29, 0.717) is 16.8 Å². The van der Waals surface area contributed by atoms with E-state index in [-0.39, 0.29) is 6.61 Å². The Bertz CT molecular complexity index is 631. The largest absolute Gasteiger partial charge is 0.463 e. The number of allylic oxidation sites excluding steroid dienone is 1. The monoisotopic (exact) mass is 285 g/mol. The first kappa shape index (κ1) is 14.7. The molecule has 0 unspecified atom stereocenters. The summed E-state index contributed by atoms with van der Waals surface area (Å²) in [5.41, 5.74) is 1.43. The van der Waals surface area contributed by atoms with Gasteiger partial charge in [-0.25, -0.2) is 4.79 Å². The van der Waals surface area contributed by atoms with Crippen LogP contribution in [0.25, 0.3) is 0 Å². The van der Waals surface area contributed by atoms with Crippen molar-refractivity contribution >= 4 is 11.9 Å². The molecule has 0 saturated heterocycles. The van der Waals surface area contributed by atoms with Gasteiger partial charge in [-0.1, -0.05) is 0 Å². The van der Waals surface area contributed by atoms with Crippen molar-refractivity contribution in [2.45, 2.75) is 19.8 Å². The summed E-state index contributed by atoms with van der Waals surface area (Å²) in [5.74, 6) is -2.55. The quantitative estimate of drug-likeness (QED) is 0.844. The highest BCUT2D eigenvalue weighted by Gasteiger charge is 2.41. The summed E-state index contributed by atoms with van der Waals surface area (Å²) in [4.78, 5) is 28.1. The molecule has 0 aromatic carbocycles. The second-order valence-electron chi connectivity index (χ2n) is 4.61. The number of pyridine rings is 1. The lowest BCUT2D eigenvalue weighted by Gasteiger charge is -2.29. The van der Waals surface area contributed by atoms with Crippen LogP contribution in [0.15, 0.2) is 35.8 Å². The Labute approximate surface area is 122 Å². The first-order valence-corrected chi connectivity index (χ1v) is 6.58. The molecule has 0 fully saturated rings. The number of amides is 1. The predicted molar refractivity (Wildman–Crippen MR) is 73.6 cm³/mol. The molecule has 1 aliphatic heterocycles. The highest BCUT2D eigenvalue weighted by molar-refractivity contribution is 5.97. The van der Waals surface area contributed by atoms with E-state index in [1.165, 1.54) is 0 Å². The van der Waals surface area contributed by atoms with Crippen LogP contribution < -0.4 is 5.32 Å². The molecule has 6 nitrogen and oxygen atoms in total. The molecule has 0 aliphatic carbocycles. The average molecular weight is 285 g/mol. The Morgan fingerprint density at radius 1 is 1.48 bits per heavy atom. The second kappa shape index (κ2) is 6.18. The third-order valence-corrected chi connectivity index (χ3v) is 3.34. The molecule has 1 aromatic rings. The van der Waals surface area contributed by atoms with Crippen molar-refractivity contribution in [2.75, 3.05) is 6.61 Å². The lowest BCUT2D eigenvalue weighted by atomic mass is 9.78. The molecule has 1 aromatic heterocycles. The molecule has 1 N–H and O–H groups in total. The highest BCUT2D eigenvalue weighted by atomic mass is 16.5. The summed E-state index contributed by atoms with van der Waals surface area (Å²) >= 11 is 0. The fraction of sp³-hybridized carbons (Fsp3) is 0.333. The molecular formula is C15H15N3O3. The topological polar surface area (TPSA) is 92.1 Å². The molecule has 0 bridgehead atoms. The molecule has 6 heteroatoms. The maximum absolute atomic E-state index is 12.2. The van der Waals surface area contributed by atoms with Gasteiger partial charge in [0.15, 0.2) is 0 Å². The van der Waals surface area contributed by atoms with Crippen molar-refractivity contribution in [1.82, 2.24) is 10.3 Å². The van der Waals surface area contributed by atoms with Gasteiger partial charge in [0, 0.05) is 24.0 Å². The van der Waals surface area contributed by atoms with E-state index in [1.807, 2.05) is 6.07 Å².